The fourth-order valence-electron chi connectivity index (χ4n) is 2.72. The van der Waals surface area contributed by atoms with Crippen molar-refractivity contribution in [1.82, 2.24) is 25.5 Å². The normalized spacial score (nSPS) is 21.5. The fourth-order valence-corrected chi connectivity index (χ4v) is 2.72. The summed E-state index contributed by atoms with van der Waals surface area (Å²) in [4.78, 5) is 1.81. The second-order valence-corrected chi connectivity index (χ2v) is 6.26. The third-order valence-electron chi connectivity index (χ3n) is 4.09. The number of benzene rings is 1. The van der Waals surface area contributed by atoms with Gasteiger partial charge in [0.05, 0.1) is 6.04 Å². The Hall–Kier alpha value is -1.75. The molecule has 1 N–H and O–H groups in total. The highest BCUT2D eigenvalue weighted by Gasteiger charge is 2.34. The molecule has 2 aromatic rings. The molecule has 1 saturated carbocycles. The zero-order chi connectivity index (χ0) is 14.7. The van der Waals surface area contributed by atoms with Crippen molar-refractivity contribution in [3.63, 3.8) is 0 Å². The molecule has 1 heterocycles. The molecule has 5 nitrogen and oxygen atoms in total. The average Bonchev–Trinajstić information content (AvgIpc) is 2.92. The first-order chi connectivity index (χ1) is 10.2. The minimum Gasteiger partial charge on any atom is -0.316 e. The molecule has 2 atom stereocenters. The van der Waals surface area contributed by atoms with E-state index in [1.807, 2.05) is 35.1 Å². The van der Waals surface area contributed by atoms with Gasteiger partial charge in [0.15, 0.2) is 0 Å². The Labute approximate surface area is 125 Å². The fraction of sp³-hybridized carbons (Fsp3) is 0.562. The minimum atomic E-state index is 0.398. The quantitative estimate of drug-likeness (QED) is 0.886. The van der Waals surface area contributed by atoms with Crippen LogP contribution in [0.15, 0.2) is 30.3 Å². The second kappa shape index (κ2) is 6.35. The Kier molecular flexibility index (Phi) is 4.29. The molecule has 112 valence electrons. The number of tetrazole rings is 1. The molecule has 1 aliphatic rings. The number of hydrogen-bond donors (Lipinski definition) is 1. The summed E-state index contributed by atoms with van der Waals surface area (Å²) in [6.45, 7) is 6.58. The molecular weight excluding hydrogens is 262 g/mol. The van der Waals surface area contributed by atoms with E-state index >= 15 is 0 Å². The summed E-state index contributed by atoms with van der Waals surface area (Å²) in [7, 11) is 0. The van der Waals surface area contributed by atoms with Crippen LogP contribution in [0.3, 0.4) is 0 Å². The molecule has 0 amide bonds. The van der Waals surface area contributed by atoms with Gasteiger partial charge in [-0.2, -0.15) is 4.80 Å². The Morgan fingerprint density at radius 1 is 1.24 bits per heavy atom. The van der Waals surface area contributed by atoms with Crippen molar-refractivity contribution in [3.8, 4) is 11.4 Å². The van der Waals surface area contributed by atoms with Crippen LogP contribution in [0.2, 0.25) is 0 Å². The lowest BCUT2D eigenvalue weighted by molar-refractivity contribution is 0.144. The molecule has 0 aliphatic heterocycles. The van der Waals surface area contributed by atoms with Crippen LogP contribution in [-0.2, 0) is 0 Å². The monoisotopic (exact) mass is 285 g/mol. The van der Waals surface area contributed by atoms with E-state index in [1.165, 1.54) is 6.42 Å². The van der Waals surface area contributed by atoms with E-state index in [4.69, 9.17) is 0 Å². The van der Waals surface area contributed by atoms with Gasteiger partial charge in [0, 0.05) is 12.1 Å². The van der Waals surface area contributed by atoms with E-state index in [-0.39, 0.29) is 0 Å². The third kappa shape index (κ3) is 3.29. The lowest BCUT2D eigenvalue weighted by Gasteiger charge is -2.35. The van der Waals surface area contributed by atoms with E-state index in [9.17, 15) is 0 Å². The van der Waals surface area contributed by atoms with Crippen molar-refractivity contribution in [2.45, 2.75) is 32.7 Å². The van der Waals surface area contributed by atoms with Crippen molar-refractivity contribution < 1.29 is 0 Å². The van der Waals surface area contributed by atoms with Gasteiger partial charge in [-0.3, -0.25) is 0 Å². The molecule has 0 bridgehead atoms. The highest BCUT2D eigenvalue weighted by molar-refractivity contribution is 5.52. The standard InChI is InChI=1S/C16H23N5/c1-12(2)10-17-11-14-8-9-15(14)21-19-16(18-20-21)13-6-4-3-5-7-13/h3-7,12,14-15,17H,8-11H2,1-2H3. The average molecular weight is 285 g/mol. The van der Waals surface area contributed by atoms with E-state index in [1.54, 1.807) is 0 Å². The van der Waals surface area contributed by atoms with Crippen molar-refractivity contribution in [2.24, 2.45) is 11.8 Å². The molecule has 5 heteroatoms. The van der Waals surface area contributed by atoms with Gasteiger partial charge in [-0.25, -0.2) is 0 Å². The van der Waals surface area contributed by atoms with Crippen LogP contribution in [0.1, 0.15) is 32.7 Å². The first kappa shape index (κ1) is 14.2. The summed E-state index contributed by atoms with van der Waals surface area (Å²) < 4.78 is 0. The Morgan fingerprint density at radius 3 is 2.71 bits per heavy atom. The summed E-state index contributed by atoms with van der Waals surface area (Å²) in [5.41, 5.74) is 1.03. The van der Waals surface area contributed by atoms with Crippen LogP contribution < -0.4 is 5.32 Å². The molecular formula is C16H23N5. The number of nitrogens with one attached hydrogen (secondary N) is 1. The molecule has 0 radical (unpaired) electrons. The van der Waals surface area contributed by atoms with Gasteiger partial charge in [-0.05, 0) is 36.4 Å². The molecule has 3 rings (SSSR count). The Morgan fingerprint density at radius 2 is 2.05 bits per heavy atom. The molecule has 1 aromatic heterocycles. The van der Waals surface area contributed by atoms with Gasteiger partial charge in [0.2, 0.25) is 5.82 Å². The largest absolute Gasteiger partial charge is 0.316 e. The van der Waals surface area contributed by atoms with Gasteiger partial charge in [0.25, 0.3) is 0 Å². The summed E-state index contributed by atoms with van der Waals surface area (Å²) in [5.74, 6) is 2.04. The van der Waals surface area contributed by atoms with Crippen LogP contribution in [0.4, 0.5) is 0 Å². The van der Waals surface area contributed by atoms with Crippen molar-refractivity contribution in [3.05, 3.63) is 30.3 Å². The Bertz CT molecular complexity index is 563. The van der Waals surface area contributed by atoms with Crippen LogP contribution in [-0.4, -0.2) is 33.3 Å². The maximum atomic E-state index is 4.56. The summed E-state index contributed by atoms with van der Waals surface area (Å²) in [6, 6.07) is 10.4. The number of nitrogens with zero attached hydrogens (tertiary/aromatic N) is 4. The lowest BCUT2D eigenvalue weighted by atomic mass is 9.80. The molecule has 1 aliphatic carbocycles. The van der Waals surface area contributed by atoms with E-state index < -0.39 is 0 Å². The molecule has 1 aromatic carbocycles. The molecule has 0 saturated heterocycles. The second-order valence-electron chi connectivity index (χ2n) is 6.26. The number of aromatic nitrogens is 4. The highest BCUT2D eigenvalue weighted by Crippen LogP contribution is 2.37. The first-order valence-corrected chi connectivity index (χ1v) is 7.79. The molecule has 1 fully saturated rings. The topological polar surface area (TPSA) is 55.6 Å². The number of hydrogen-bond acceptors (Lipinski definition) is 4. The lowest BCUT2D eigenvalue weighted by Crippen LogP contribution is -2.38. The summed E-state index contributed by atoms with van der Waals surface area (Å²) >= 11 is 0. The van der Waals surface area contributed by atoms with Gasteiger partial charge in [-0.15, -0.1) is 10.2 Å². The van der Waals surface area contributed by atoms with Crippen molar-refractivity contribution in [2.75, 3.05) is 13.1 Å². The molecule has 21 heavy (non-hydrogen) atoms. The highest BCUT2D eigenvalue weighted by atomic mass is 15.6. The maximum absolute atomic E-state index is 4.56. The minimum absolute atomic E-state index is 0.398. The van der Waals surface area contributed by atoms with Crippen molar-refractivity contribution >= 4 is 0 Å². The van der Waals surface area contributed by atoms with Gasteiger partial charge < -0.3 is 5.32 Å². The van der Waals surface area contributed by atoms with Crippen LogP contribution in [0.5, 0.6) is 0 Å². The third-order valence-corrected chi connectivity index (χ3v) is 4.09. The van der Waals surface area contributed by atoms with Crippen LogP contribution in [0.25, 0.3) is 11.4 Å². The zero-order valence-corrected chi connectivity index (χ0v) is 12.7. The van der Waals surface area contributed by atoms with Crippen molar-refractivity contribution in [1.29, 1.82) is 0 Å². The van der Waals surface area contributed by atoms with E-state index in [0.29, 0.717) is 17.9 Å². The van der Waals surface area contributed by atoms with Gasteiger partial charge in [-0.1, -0.05) is 44.2 Å². The first-order valence-electron chi connectivity index (χ1n) is 7.79. The van der Waals surface area contributed by atoms with Gasteiger partial charge in [0.1, 0.15) is 0 Å². The SMILES string of the molecule is CC(C)CNCC1CCC1n1nnc(-c2ccccc2)n1. The molecule has 2 unspecified atom stereocenters. The smallest absolute Gasteiger partial charge is 0.204 e. The zero-order valence-electron chi connectivity index (χ0n) is 12.7. The van der Waals surface area contributed by atoms with Crippen LogP contribution in [0, 0.1) is 11.8 Å². The van der Waals surface area contributed by atoms with E-state index in [2.05, 4.69) is 34.6 Å². The van der Waals surface area contributed by atoms with Crippen LogP contribution >= 0.6 is 0 Å². The molecule has 0 spiro atoms. The summed E-state index contributed by atoms with van der Waals surface area (Å²) in [5, 5.41) is 16.5. The number of rotatable bonds is 6. The Balaban J connectivity index is 1.61. The maximum Gasteiger partial charge on any atom is 0.204 e. The predicted molar refractivity (Wildman–Crippen MR) is 82.7 cm³/mol. The summed E-state index contributed by atoms with van der Waals surface area (Å²) in [6.07, 6.45) is 2.40. The van der Waals surface area contributed by atoms with Gasteiger partial charge >= 0.3 is 0 Å². The van der Waals surface area contributed by atoms with E-state index in [0.717, 1.165) is 30.9 Å². The predicted octanol–water partition coefficient (Wildman–Crippen LogP) is 2.54.